The van der Waals surface area contributed by atoms with E-state index in [1.807, 2.05) is 29.5 Å². The standard InChI is InChI=1S/C18H24N2S/c1-2-13-8-9-15(10-13)18-20-16(12-21-18)11-17(19)14-6-4-3-5-7-14/h3-7,12-13,15,17H,2,8-11,19H2,1H3. The van der Waals surface area contributed by atoms with Gasteiger partial charge in [-0.05, 0) is 30.7 Å². The van der Waals surface area contributed by atoms with Crippen LogP contribution in [0, 0.1) is 5.92 Å². The third-order valence-corrected chi connectivity index (χ3v) is 5.75. The summed E-state index contributed by atoms with van der Waals surface area (Å²) in [6, 6.07) is 10.4. The second kappa shape index (κ2) is 6.71. The Morgan fingerprint density at radius 2 is 2.10 bits per heavy atom. The Morgan fingerprint density at radius 3 is 2.81 bits per heavy atom. The highest BCUT2D eigenvalue weighted by molar-refractivity contribution is 7.09. The smallest absolute Gasteiger partial charge is 0.0959 e. The average Bonchev–Trinajstić information content (AvgIpc) is 3.16. The highest BCUT2D eigenvalue weighted by Gasteiger charge is 2.26. The topological polar surface area (TPSA) is 38.9 Å². The predicted octanol–water partition coefficient (Wildman–Crippen LogP) is 4.68. The van der Waals surface area contributed by atoms with Gasteiger partial charge in [0.2, 0.25) is 0 Å². The summed E-state index contributed by atoms with van der Waals surface area (Å²) >= 11 is 1.83. The van der Waals surface area contributed by atoms with Gasteiger partial charge < -0.3 is 5.73 Å². The van der Waals surface area contributed by atoms with Gasteiger partial charge in [-0.15, -0.1) is 11.3 Å². The van der Waals surface area contributed by atoms with E-state index in [-0.39, 0.29) is 6.04 Å². The highest BCUT2D eigenvalue weighted by Crippen LogP contribution is 2.40. The summed E-state index contributed by atoms with van der Waals surface area (Å²) in [5.41, 5.74) is 8.65. The number of benzene rings is 1. The summed E-state index contributed by atoms with van der Waals surface area (Å²) in [6.45, 7) is 2.30. The number of aromatic nitrogens is 1. The van der Waals surface area contributed by atoms with Crippen LogP contribution in [-0.4, -0.2) is 4.98 Å². The zero-order valence-electron chi connectivity index (χ0n) is 12.7. The van der Waals surface area contributed by atoms with E-state index >= 15 is 0 Å². The van der Waals surface area contributed by atoms with E-state index < -0.39 is 0 Å². The fraction of sp³-hybridized carbons (Fsp3) is 0.500. The van der Waals surface area contributed by atoms with E-state index in [2.05, 4.69) is 24.4 Å². The molecule has 0 bridgehead atoms. The fourth-order valence-corrected chi connectivity index (χ4v) is 4.30. The van der Waals surface area contributed by atoms with E-state index in [1.54, 1.807) is 0 Å². The molecule has 2 aromatic rings. The summed E-state index contributed by atoms with van der Waals surface area (Å²) in [5.74, 6) is 1.61. The van der Waals surface area contributed by atoms with Gasteiger partial charge in [0.1, 0.15) is 0 Å². The molecule has 1 heterocycles. The van der Waals surface area contributed by atoms with Crippen LogP contribution in [0.4, 0.5) is 0 Å². The Morgan fingerprint density at radius 1 is 1.29 bits per heavy atom. The number of hydrogen-bond acceptors (Lipinski definition) is 3. The van der Waals surface area contributed by atoms with Crippen LogP contribution in [0.2, 0.25) is 0 Å². The number of nitrogens with zero attached hydrogens (tertiary/aromatic N) is 1. The summed E-state index contributed by atoms with van der Waals surface area (Å²) < 4.78 is 0. The minimum atomic E-state index is 0.0492. The molecule has 3 unspecified atom stereocenters. The second-order valence-electron chi connectivity index (χ2n) is 6.18. The number of hydrogen-bond donors (Lipinski definition) is 1. The van der Waals surface area contributed by atoms with Gasteiger partial charge in [-0.1, -0.05) is 43.7 Å². The van der Waals surface area contributed by atoms with Crippen molar-refractivity contribution in [3.05, 3.63) is 52.0 Å². The first-order chi connectivity index (χ1) is 10.3. The molecule has 3 heteroatoms. The summed E-state index contributed by atoms with van der Waals surface area (Å²) in [5, 5.41) is 3.54. The lowest BCUT2D eigenvalue weighted by molar-refractivity contribution is 0.520. The minimum absolute atomic E-state index is 0.0492. The maximum atomic E-state index is 6.30. The molecular formula is C18H24N2S. The molecule has 3 rings (SSSR count). The number of thiazole rings is 1. The number of nitrogens with two attached hydrogens (primary N) is 1. The third kappa shape index (κ3) is 3.53. The molecule has 2 nitrogen and oxygen atoms in total. The van der Waals surface area contributed by atoms with Crippen LogP contribution >= 0.6 is 11.3 Å². The molecule has 0 radical (unpaired) electrons. The second-order valence-corrected chi connectivity index (χ2v) is 7.07. The lowest BCUT2D eigenvalue weighted by atomic mass is 10.0. The van der Waals surface area contributed by atoms with Gasteiger partial charge in [-0.25, -0.2) is 4.98 Å². The lowest BCUT2D eigenvalue weighted by Gasteiger charge is -2.10. The molecule has 1 aromatic heterocycles. The van der Waals surface area contributed by atoms with E-state index in [0.29, 0.717) is 5.92 Å². The molecule has 1 aliphatic carbocycles. The van der Waals surface area contributed by atoms with Crippen LogP contribution < -0.4 is 5.73 Å². The van der Waals surface area contributed by atoms with E-state index in [9.17, 15) is 0 Å². The van der Waals surface area contributed by atoms with Crippen molar-refractivity contribution in [3.8, 4) is 0 Å². The van der Waals surface area contributed by atoms with Gasteiger partial charge in [0.25, 0.3) is 0 Å². The molecule has 1 aliphatic rings. The maximum absolute atomic E-state index is 6.30. The van der Waals surface area contributed by atoms with E-state index in [1.165, 1.54) is 36.3 Å². The predicted molar refractivity (Wildman–Crippen MR) is 89.6 cm³/mol. The van der Waals surface area contributed by atoms with Gasteiger partial charge in [-0.3, -0.25) is 0 Å². The summed E-state index contributed by atoms with van der Waals surface area (Å²) in [6.07, 6.45) is 6.17. The molecule has 21 heavy (non-hydrogen) atoms. The summed E-state index contributed by atoms with van der Waals surface area (Å²) in [7, 11) is 0. The van der Waals surface area contributed by atoms with Gasteiger partial charge in [-0.2, -0.15) is 0 Å². The molecule has 1 aromatic carbocycles. The molecule has 0 saturated heterocycles. The largest absolute Gasteiger partial charge is 0.324 e. The Kier molecular flexibility index (Phi) is 4.71. The van der Waals surface area contributed by atoms with Crippen molar-refractivity contribution in [3.63, 3.8) is 0 Å². The van der Waals surface area contributed by atoms with Gasteiger partial charge in [0, 0.05) is 23.8 Å². The minimum Gasteiger partial charge on any atom is -0.324 e. The van der Waals surface area contributed by atoms with Crippen LogP contribution in [0.5, 0.6) is 0 Å². The van der Waals surface area contributed by atoms with Crippen LogP contribution in [0.3, 0.4) is 0 Å². The fourth-order valence-electron chi connectivity index (χ4n) is 3.32. The Hall–Kier alpha value is -1.19. The molecule has 0 amide bonds. The number of rotatable bonds is 5. The van der Waals surface area contributed by atoms with Crippen LogP contribution in [0.1, 0.15) is 60.8 Å². The maximum Gasteiger partial charge on any atom is 0.0959 e. The van der Waals surface area contributed by atoms with Crippen LogP contribution in [0.15, 0.2) is 35.7 Å². The third-order valence-electron chi connectivity index (χ3n) is 4.69. The molecular weight excluding hydrogens is 276 g/mol. The first-order valence-electron chi connectivity index (χ1n) is 8.01. The molecule has 0 spiro atoms. The Labute approximate surface area is 131 Å². The van der Waals surface area contributed by atoms with Crippen molar-refractivity contribution < 1.29 is 0 Å². The highest BCUT2D eigenvalue weighted by atomic mass is 32.1. The van der Waals surface area contributed by atoms with Crippen molar-refractivity contribution in [2.45, 2.75) is 51.0 Å². The molecule has 1 saturated carbocycles. The van der Waals surface area contributed by atoms with Gasteiger partial charge >= 0.3 is 0 Å². The van der Waals surface area contributed by atoms with Crippen molar-refractivity contribution in [2.75, 3.05) is 0 Å². The molecule has 3 atom stereocenters. The molecule has 0 aliphatic heterocycles. The van der Waals surface area contributed by atoms with Crippen LogP contribution in [0.25, 0.3) is 0 Å². The van der Waals surface area contributed by atoms with E-state index in [4.69, 9.17) is 10.7 Å². The van der Waals surface area contributed by atoms with Gasteiger partial charge in [0.15, 0.2) is 0 Å². The van der Waals surface area contributed by atoms with Gasteiger partial charge in [0.05, 0.1) is 10.7 Å². The summed E-state index contributed by atoms with van der Waals surface area (Å²) in [4.78, 5) is 4.86. The Balaban J connectivity index is 1.63. The normalized spacial score (nSPS) is 23.3. The monoisotopic (exact) mass is 300 g/mol. The Bertz CT molecular complexity index is 564. The van der Waals surface area contributed by atoms with Crippen molar-refractivity contribution in [2.24, 2.45) is 11.7 Å². The van der Waals surface area contributed by atoms with Crippen LogP contribution in [-0.2, 0) is 6.42 Å². The molecule has 2 N–H and O–H groups in total. The quantitative estimate of drug-likeness (QED) is 0.870. The first-order valence-corrected chi connectivity index (χ1v) is 8.89. The first kappa shape index (κ1) is 14.7. The van der Waals surface area contributed by atoms with E-state index in [0.717, 1.165) is 18.0 Å². The van der Waals surface area contributed by atoms with Crippen molar-refractivity contribution in [1.29, 1.82) is 0 Å². The SMILES string of the molecule is CCC1CCC(c2nc(CC(N)c3ccccc3)cs2)C1. The lowest BCUT2D eigenvalue weighted by Crippen LogP contribution is -2.13. The molecule has 1 fully saturated rings. The average molecular weight is 300 g/mol. The van der Waals surface area contributed by atoms with Crippen molar-refractivity contribution in [1.82, 2.24) is 4.98 Å². The molecule has 112 valence electrons. The zero-order valence-corrected chi connectivity index (χ0v) is 13.5. The zero-order chi connectivity index (χ0) is 14.7. The van der Waals surface area contributed by atoms with Crippen molar-refractivity contribution >= 4 is 11.3 Å².